The minimum atomic E-state index is 0.270. The van der Waals surface area contributed by atoms with Gasteiger partial charge in [0.25, 0.3) is 0 Å². The van der Waals surface area contributed by atoms with Gasteiger partial charge in [0.1, 0.15) is 11.6 Å². The summed E-state index contributed by atoms with van der Waals surface area (Å²) in [5, 5.41) is 3.40. The number of para-hydroxylation sites is 1. The van der Waals surface area contributed by atoms with Crippen LogP contribution in [-0.2, 0) is 7.05 Å². The highest BCUT2D eigenvalue weighted by atomic mass is 16.5. The van der Waals surface area contributed by atoms with E-state index in [9.17, 15) is 0 Å². The smallest absolute Gasteiger partial charge is 0.125 e. The van der Waals surface area contributed by atoms with Crippen LogP contribution < -0.4 is 10.1 Å². The molecule has 2 atom stereocenters. The molecule has 2 aromatic rings. The molecule has 2 unspecified atom stereocenters. The van der Waals surface area contributed by atoms with Crippen LogP contribution in [0.5, 0.6) is 5.75 Å². The Hall–Kier alpha value is -1.81. The molecular weight excluding hydrogens is 250 g/mol. The van der Waals surface area contributed by atoms with Crippen LogP contribution in [0.4, 0.5) is 0 Å². The third-order valence-electron chi connectivity index (χ3n) is 4.12. The molecule has 106 valence electrons. The van der Waals surface area contributed by atoms with Gasteiger partial charge in [-0.3, -0.25) is 0 Å². The third-order valence-corrected chi connectivity index (χ3v) is 4.12. The fourth-order valence-corrected chi connectivity index (χ4v) is 3.01. The van der Waals surface area contributed by atoms with E-state index in [4.69, 9.17) is 4.74 Å². The van der Waals surface area contributed by atoms with Gasteiger partial charge < -0.3 is 14.6 Å². The van der Waals surface area contributed by atoms with Gasteiger partial charge in [0.2, 0.25) is 0 Å². The van der Waals surface area contributed by atoms with Crippen molar-refractivity contribution in [1.29, 1.82) is 0 Å². The molecule has 0 spiro atoms. The molecule has 1 N–H and O–H groups in total. The summed E-state index contributed by atoms with van der Waals surface area (Å²) in [5.74, 6) is 2.66. The van der Waals surface area contributed by atoms with Gasteiger partial charge in [-0.05, 0) is 37.4 Å². The van der Waals surface area contributed by atoms with E-state index in [1.54, 1.807) is 0 Å². The molecule has 1 aliphatic rings. The summed E-state index contributed by atoms with van der Waals surface area (Å²) in [4.78, 5) is 4.48. The Labute approximate surface area is 119 Å². The lowest BCUT2D eigenvalue weighted by atomic mass is 9.87. The second-order valence-corrected chi connectivity index (χ2v) is 5.35. The second-order valence-electron chi connectivity index (χ2n) is 5.35. The fourth-order valence-electron chi connectivity index (χ4n) is 3.01. The topological polar surface area (TPSA) is 39.1 Å². The molecule has 1 aromatic carbocycles. The fraction of sp³-hybridized carbons (Fsp3) is 0.438. The summed E-state index contributed by atoms with van der Waals surface area (Å²) in [5.41, 5.74) is 1.33. The second kappa shape index (κ2) is 5.67. The minimum absolute atomic E-state index is 0.270. The Morgan fingerprint density at radius 3 is 3.05 bits per heavy atom. The molecule has 4 nitrogen and oxygen atoms in total. The van der Waals surface area contributed by atoms with Gasteiger partial charge in [-0.15, -0.1) is 0 Å². The maximum atomic E-state index is 5.74. The van der Waals surface area contributed by atoms with Crippen molar-refractivity contribution in [3.8, 4) is 5.75 Å². The average Bonchev–Trinajstić information content (AvgIpc) is 2.91. The first-order valence-electron chi connectivity index (χ1n) is 7.16. The van der Waals surface area contributed by atoms with E-state index >= 15 is 0 Å². The molecule has 0 saturated heterocycles. The summed E-state index contributed by atoms with van der Waals surface area (Å²) in [6.45, 7) is 0.804. The molecule has 1 aliphatic heterocycles. The van der Waals surface area contributed by atoms with Gasteiger partial charge in [-0.2, -0.15) is 0 Å². The SMILES string of the molecule is CNC(CC1CCOc2ccccc21)c1nccn1C. The molecular formula is C16H21N3O. The van der Waals surface area contributed by atoms with Crippen LogP contribution in [0.25, 0.3) is 0 Å². The lowest BCUT2D eigenvalue weighted by Gasteiger charge is -2.28. The van der Waals surface area contributed by atoms with Crippen LogP contribution in [0.3, 0.4) is 0 Å². The van der Waals surface area contributed by atoms with Crippen LogP contribution in [0.15, 0.2) is 36.7 Å². The van der Waals surface area contributed by atoms with Crippen molar-refractivity contribution in [3.05, 3.63) is 48.0 Å². The first-order chi connectivity index (χ1) is 9.79. The Morgan fingerprint density at radius 2 is 2.30 bits per heavy atom. The van der Waals surface area contributed by atoms with Crippen molar-refractivity contribution in [2.45, 2.75) is 24.8 Å². The maximum absolute atomic E-state index is 5.74. The van der Waals surface area contributed by atoms with Gasteiger partial charge in [0, 0.05) is 19.4 Å². The number of aromatic nitrogens is 2. The maximum Gasteiger partial charge on any atom is 0.125 e. The molecule has 2 heterocycles. The van der Waals surface area contributed by atoms with Crippen LogP contribution in [-0.4, -0.2) is 23.2 Å². The molecule has 1 aromatic heterocycles. The average molecular weight is 271 g/mol. The van der Waals surface area contributed by atoms with Gasteiger partial charge in [0.05, 0.1) is 12.6 Å². The molecule has 3 rings (SSSR count). The first-order valence-corrected chi connectivity index (χ1v) is 7.16. The molecule has 0 amide bonds. The highest BCUT2D eigenvalue weighted by Gasteiger charge is 2.25. The van der Waals surface area contributed by atoms with E-state index in [1.165, 1.54) is 5.56 Å². The lowest BCUT2D eigenvalue weighted by Crippen LogP contribution is -2.24. The zero-order valence-corrected chi connectivity index (χ0v) is 12.0. The number of rotatable bonds is 4. The van der Waals surface area contributed by atoms with Crippen molar-refractivity contribution in [1.82, 2.24) is 14.9 Å². The summed E-state index contributed by atoms with van der Waals surface area (Å²) in [6, 6.07) is 8.65. The molecule has 4 heteroatoms. The number of imidazole rings is 1. The quantitative estimate of drug-likeness (QED) is 0.929. The number of fused-ring (bicyclic) bond motifs is 1. The highest BCUT2D eigenvalue weighted by Crippen LogP contribution is 2.38. The minimum Gasteiger partial charge on any atom is -0.493 e. The number of benzene rings is 1. The predicted octanol–water partition coefficient (Wildman–Crippen LogP) is 2.64. The molecule has 0 saturated carbocycles. The van der Waals surface area contributed by atoms with E-state index in [0.29, 0.717) is 5.92 Å². The lowest BCUT2D eigenvalue weighted by molar-refractivity contribution is 0.255. The number of nitrogens with zero attached hydrogens (tertiary/aromatic N) is 2. The van der Waals surface area contributed by atoms with E-state index in [2.05, 4.69) is 33.1 Å². The predicted molar refractivity (Wildman–Crippen MR) is 78.9 cm³/mol. The van der Waals surface area contributed by atoms with E-state index < -0.39 is 0 Å². The molecule has 0 aliphatic carbocycles. The Kier molecular flexibility index (Phi) is 3.74. The monoisotopic (exact) mass is 271 g/mol. The number of ether oxygens (including phenoxy) is 1. The van der Waals surface area contributed by atoms with Crippen molar-refractivity contribution in [2.75, 3.05) is 13.7 Å². The number of hydrogen-bond acceptors (Lipinski definition) is 3. The van der Waals surface area contributed by atoms with Crippen LogP contribution in [0, 0.1) is 0 Å². The highest BCUT2D eigenvalue weighted by molar-refractivity contribution is 5.37. The zero-order valence-electron chi connectivity index (χ0n) is 12.0. The first kappa shape index (κ1) is 13.2. The summed E-state index contributed by atoms with van der Waals surface area (Å²) < 4.78 is 7.83. The van der Waals surface area contributed by atoms with Crippen LogP contribution in [0.2, 0.25) is 0 Å². The molecule has 0 fully saturated rings. The Bertz CT molecular complexity index is 579. The summed E-state index contributed by atoms with van der Waals surface area (Å²) in [7, 11) is 4.05. The van der Waals surface area contributed by atoms with E-state index in [0.717, 1.165) is 31.0 Å². The number of hydrogen-bond donors (Lipinski definition) is 1. The van der Waals surface area contributed by atoms with Crippen LogP contribution >= 0.6 is 0 Å². The van der Waals surface area contributed by atoms with Gasteiger partial charge in [0.15, 0.2) is 0 Å². The number of nitrogens with one attached hydrogen (secondary N) is 1. The van der Waals surface area contributed by atoms with Crippen molar-refractivity contribution in [3.63, 3.8) is 0 Å². The van der Waals surface area contributed by atoms with Gasteiger partial charge in [-0.1, -0.05) is 18.2 Å². The summed E-state index contributed by atoms with van der Waals surface area (Å²) >= 11 is 0. The Morgan fingerprint density at radius 1 is 1.45 bits per heavy atom. The largest absolute Gasteiger partial charge is 0.493 e. The van der Waals surface area contributed by atoms with E-state index in [-0.39, 0.29) is 6.04 Å². The van der Waals surface area contributed by atoms with E-state index in [1.807, 2.05) is 32.6 Å². The summed E-state index contributed by atoms with van der Waals surface area (Å²) in [6.07, 6.45) is 5.97. The van der Waals surface area contributed by atoms with Crippen molar-refractivity contribution in [2.24, 2.45) is 7.05 Å². The van der Waals surface area contributed by atoms with Crippen LogP contribution in [0.1, 0.15) is 36.2 Å². The third kappa shape index (κ3) is 2.43. The Balaban J connectivity index is 1.82. The standard InChI is InChI=1S/C16H21N3O/c1-17-14(16-18-8-9-19(16)2)11-12-7-10-20-15-6-4-3-5-13(12)15/h3-6,8-9,12,14,17H,7,10-11H2,1-2H3. The van der Waals surface area contributed by atoms with Gasteiger partial charge >= 0.3 is 0 Å². The van der Waals surface area contributed by atoms with Crippen molar-refractivity contribution < 1.29 is 4.74 Å². The van der Waals surface area contributed by atoms with Gasteiger partial charge in [-0.25, -0.2) is 4.98 Å². The molecule has 0 radical (unpaired) electrons. The normalized spacial score (nSPS) is 19.2. The van der Waals surface area contributed by atoms with Crippen molar-refractivity contribution >= 4 is 0 Å². The molecule has 20 heavy (non-hydrogen) atoms. The zero-order chi connectivity index (χ0) is 13.9. The number of aryl methyl sites for hydroxylation is 1. The molecule has 0 bridgehead atoms.